The zero-order valence-electron chi connectivity index (χ0n) is 12.0. The maximum absolute atomic E-state index is 11.6. The standard InChI is InChI=1S/C15H17NO4/c1-8-13(15(2,3)14(17)18)9-5-11-12(20-7-19-11)6-10(9)16(8)4/h5-6H,7H2,1-4H3,(H,17,18). The van der Waals surface area contributed by atoms with Gasteiger partial charge < -0.3 is 19.1 Å². The largest absolute Gasteiger partial charge is 0.481 e. The van der Waals surface area contributed by atoms with Crippen molar-refractivity contribution < 1.29 is 19.4 Å². The van der Waals surface area contributed by atoms with E-state index in [1.165, 1.54) is 0 Å². The van der Waals surface area contributed by atoms with Gasteiger partial charge in [-0.1, -0.05) is 0 Å². The Bertz CT molecular complexity index is 727. The van der Waals surface area contributed by atoms with E-state index in [0.717, 1.165) is 22.2 Å². The van der Waals surface area contributed by atoms with Crippen molar-refractivity contribution in [2.45, 2.75) is 26.2 Å². The van der Waals surface area contributed by atoms with Gasteiger partial charge in [-0.3, -0.25) is 4.79 Å². The number of hydrogen-bond donors (Lipinski definition) is 1. The van der Waals surface area contributed by atoms with Crippen LogP contribution in [0.5, 0.6) is 11.5 Å². The second kappa shape index (κ2) is 3.91. The van der Waals surface area contributed by atoms with Crippen LogP contribution in [0.4, 0.5) is 0 Å². The minimum absolute atomic E-state index is 0.211. The fourth-order valence-corrected chi connectivity index (χ4v) is 2.85. The van der Waals surface area contributed by atoms with E-state index < -0.39 is 11.4 Å². The highest BCUT2D eigenvalue weighted by molar-refractivity contribution is 5.95. The predicted octanol–water partition coefficient (Wildman–Crippen LogP) is 2.58. The molecule has 0 unspecified atom stereocenters. The first-order chi connectivity index (χ1) is 9.34. The molecule has 2 aromatic rings. The summed E-state index contributed by atoms with van der Waals surface area (Å²) in [6, 6.07) is 3.79. The number of aryl methyl sites for hydroxylation is 1. The van der Waals surface area contributed by atoms with Crippen molar-refractivity contribution >= 4 is 16.9 Å². The summed E-state index contributed by atoms with van der Waals surface area (Å²) in [6.45, 7) is 5.60. The number of rotatable bonds is 2. The molecule has 0 radical (unpaired) electrons. The Kier molecular flexibility index (Phi) is 2.51. The van der Waals surface area contributed by atoms with Crippen LogP contribution >= 0.6 is 0 Å². The second-order valence-corrected chi connectivity index (χ2v) is 5.67. The molecule has 0 spiro atoms. The fraction of sp³-hybridized carbons (Fsp3) is 0.400. The zero-order valence-corrected chi connectivity index (χ0v) is 12.0. The normalized spacial score (nSPS) is 14.0. The van der Waals surface area contributed by atoms with Crippen LogP contribution in [0.1, 0.15) is 25.1 Å². The Morgan fingerprint density at radius 3 is 2.50 bits per heavy atom. The van der Waals surface area contributed by atoms with Crippen LogP contribution in [-0.2, 0) is 17.3 Å². The summed E-state index contributed by atoms with van der Waals surface area (Å²) in [5.74, 6) is 0.536. The van der Waals surface area contributed by atoms with Crippen molar-refractivity contribution in [3.8, 4) is 11.5 Å². The van der Waals surface area contributed by atoms with Crippen molar-refractivity contribution in [2.24, 2.45) is 7.05 Å². The van der Waals surface area contributed by atoms with Crippen LogP contribution in [0.3, 0.4) is 0 Å². The number of nitrogens with zero attached hydrogens (tertiary/aromatic N) is 1. The molecule has 2 heterocycles. The Balaban J connectivity index is 2.38. The van der Waals surface area contributed by atoms with E-state index in [1.54, 1.807) is 13.8 Å². The number of carbonyl (C=O) groups is 1. The molecule has 106 valence electrons. The maximum Gasteiger partial charge on any atom is 0.313 e. The van der Waals surface area contributed by atoms with Gasteiger partial charge in [-0.15, -0.1) is 0 Å². The predicted molar refractivity (Wildman–Crippen MR) is 74.4 cm³/mol. The van der Waals surface area contributed by atoms with Crippen LogP contribution in [-0.4, -0.2) is 22.4 Å². The maximum atomic E-state index is 11.6. The van der Waals surface area contributed by atoms with Crippen LogP contribution in [0.25, 0.3) is 10.9 Å². The van der Waals surface area contributed by atoms with Gasteiger partial charge in [0.25, 0.3) is 0 Å². The third kappa shape index (κ3) is 1.52. The van der Waals surface area contributed by atoms with E-state index in [9.17, 15) is 9.90 Å². The lowest BCUT2D eigenvalue weighted by Gasteiger charge is -2.20. The number of carboxylic acid groups (broad SMARTS) is 1. The molecule has 1 aromatic carbocycles. The van der Waals surface area contributed by atoms with Crippen molar-refractivity contribution in [3.05, 3.63) is 23.4 Å². The topological polar surface area (TPSA) is 60.7 Å². The molecule has 0 amide bonds. The van der Waals surface area contributed by atoms with Gasteiger partial charge in [-0.05, 0) is 32.4 Å². The molecule has 5 nitrogen and oxygen atoms in total. The van der Waals surface area contributed by atoms with Gasteiger partial charge in [0.1, 0.15) is 0 Å². The van der Waals surface area contributed by atoms with Gasteiger partial charge in [-0.25, -0.2) is 0 Å². The summed E-state index contributed by atoms with van der Waals surface area (Å²) in [5, 5.41) is 10.4. The molecule has 1 aliphatic rings. The van der Waals surface area contributed by atoms with Crippen LogP contribution in [0.15, 0.2) is 12.1 Å². The first-order valence-corrected chi connectivity index (χ1v) is 6.46. The average molecular weight is 275 g/mol. The summed E-state index contributed by atoms with van der Waals surface area (Å²) >= 11 is 0. The smallest absolute Gasteiger partial charge is 0.313 e. The molecule has 20 heavy (non-hydrogen) atoms. The van der Waals surface area contributed by atoms with Gasteiger partial charge in [0, 0.05) is 24.2 Å². The number of aliphatic carboxylic acids is 1. The van der Waals surface area contributed by atoms with E-state index in [1.807, 2.05) is 30.7 Å². The molecule has 0 saturated carbocycles. The minimum Gasteiger partial charge on any atom is -0.481 e. The Labute approximate surface area is 116 Å². The molecule has 3 rings (SSSR count). The summed E-state index contributed by atoms with van der Waals surface area (Å²) in [7, 11) is 1.93. The molecule has 0 aliphatic carbocycles. The molecule has 0 saturated heterocycles. The number of benzene rings is 1. The molecule has 0 fully saturated rings. The summed E-state index contributed by atoms with van der Waals surface area (Å²) < 4.78 is 12.8. The number of aromatic nitrogens is 1. The molecular weight excluding hydrogens is 258 g/mol. The van der Waals surface area contributed by atoms with Crippen LogP contribution in [0, 0.1) is 6.92 Å². The first-order valence-electron chi connectivity index (χ1n) is 6.46. The number of ether oxygens (including phenoxy) is 2. The van der Waals surface area contributed by atoms with E-state index >= 15 is 0 Å². The van der Waals surface area contributed by atoms with Gasteiger partial charge in [0.2, 0.25) is 6.79 Å². The third-order valence-corrected chi connectivity index (χ3v) is 4.15. The lowest BCUT2D eigenvalue weighted by Crippen LogP contribution is -2.29. The Morgan fingerprint density at radius 2 is 1.90 bits per heavy atom. The SMILES string of the molecule is Cc1c(C(C)(C)C(=O)O)c2cc3c(cc2n1C)OCO3. The summed E-state index contributed by atoms with van der Waals surface area (Å²) in [4.78, 5) is 11.6. The Morgan fingerprint density at radius 1 is 1.30 bits per heavy atom. The highest BCUT2D eigenvalue weighted by atomic mass is 16.7. The lowest BCUT2D eigenvalue weighted by atomic mass is 9.83. The van der Waals surface area contributed by atoms with E-state index in [2.05, 4.69) is 0 Å². The van der Waals surface area contributed by atoms with Crippen molar-refractivity contribution in [2.75, 3.05) is 6.79 Å². The quantitative estimate of drug-likeness (QED) is 0.915. The van der Waals surface area contributed by atoms with Crippen LogP contribution in [0.2, 0.25) is 0 Å². The minimum atomic E-state index is -0.961. The summed E-state index contributed by atoms with van der Waals surface area (Å²) in [6.07, 6.45) is 0. The second-order valence-electron chi connectivity index (χ2n) is 5.67. The Hall–Kier alpha value is -2.17. The van der Waals surface area contributed by atoms with Crippen LogP contribution < -0.4 is 9.47 Å². The monoisotopic (exact) mass is 275 g/mol. The molecule has 1 N–H and O–H groups in total. The number of fused-ring (bicyclic) bond motifs is 2. The zero-order chi connectivity index (χ0) is 14.7. The van der Waals surface area contributed by atoms with Crippen molar-refractivity contribution in [1.29, 1.82) is 0 Å². The lowest BCUT2D eigenvalue weighted by molar-refractivity contribution is -0.142. The van der Waals surface area contributed by atoms with E-state index in [4.69, 9.17) is 9.47 Å². The first kappa shape index (κ1) is 12.8. The van der Waals surface area contributed by atoms with E-state index in [0.29, 0.717) is 11.5 Å². The number of carboxylic acids is 1. The molecule has 0 atom stereocenters. The molecule has 5 heteroatoms. The summed E-state index contributed by atoms with van der Waals surface area (Å²) in [5.41, 5.74) is 1.75. The van der Waals surface area contributed by atoms with Gasteiger partial charge in [-0.2, -0.15) is 0 Å². The molecule has 1 aliphatic heterocycles. The fourth-order valence-electron chi connectivity index (χ4n) is 2.85. The van der Waals surface area contributed by atoms with Gasteiger partial charge in [0.15, 0.2) is 11.5 Å². The highest BCUT2D eigenvalue weighted by Gasteiger charge is 2.35. The average Bonchev–Trinajstić information content (AvgIpc) is 2.91. The van der Waals surface area contributed by atoms with Crippen molar-refractivity contribution in [1.82, 2.24) is 4.57 Å². The molecular formula is C15H17NO4. The highest BCUT2D eigenvalue weighted by Crippen LogP contribution is 2.42. The third-order valence-electron chi connectivity index (χ3n) is 4.15. The molecule has 0 bridgehead atoms. The number of hydrogen-bond acceptors (Lipinski definition) is 3. The van der Waals surface area contributed by atoms with Gasteiger partial charge in [0.05, 0.1) is 10.9 Å². The van der Waals surface area contributed by atoms with Gasteiger partial charge >= 0.3 is 5.97 Å². The van der Waals surface area contributed by atoms with E-state index in [-0.39, 0.29) is 6.79 Å². The molecule has 1 aromatic heterocycles. The van der Waals surface area contributed by atoms with Crippen molar-refractivity contribution in [3.63, 3.8) is 0 Å².